The predicted molar refractivity (Wildman–Crippen MR) is 102 cm³/mol. The number of carbonyl (C=O) groups is 1. The molecule has 2 heterocycles. The molecule has 1 fully saturated rings. The Morgan fingerprint density at radius 1 is 1.04 bits per heavy atom. The van der Waals surface area contributed by atoms with Gasteiger partial charge in [-0.1, -0.05) is 53.2 Å². The van der Waals surface area contributed by atoms with Crippen LogP contribution in [0.5, 0.6) is 0 Å². The van der Waals surface area contributed by atoms with Gasteiger partial charge in [0, 0.05) is 42.3 Å². The number of carbonyl (C=O) groups excluding carboxylic acids is 1. The van der Waals surface area contributed by atoms with E-state index in [0.29, 0.717) is 41.9 Å². The molecule has 1 aliphatic heterocycles. The molecule has 1 saturated heterocycles. The summed E-state index contributed by atoms with van der Waals surface area (Å²) in [7, 11) is 0. The Hall–Kier alpha value is -2.70. The molecule has 0 saturated carbocycles. The summed E-state index contributed by atoms with van der Waals surface area (Å²) in [5, 5.41) is 4.63. The summed E-state index contributed by atoms with van der Waals surface area (Å²) in [6, 6.07) is 16.8. The van der Waals surface area contributed by atoms with Gasteiger partial charge in [-0.05, 0) is 18.2 Å². The van der Waals surface area contributed by atoms with Gasteiger partial charge in [0.15, 0.2) is 0 Å². The maximum atomic E-state index is 12.6. The fourth-order valence-electron chi connectivity index (χ4n) is 3.13. The summed E-state index contributed by atoms with van der Waals surface area (Å²) in [6.07, 6.45) is 0. The molecular formula is C20H19ClN4O2. The van der Waals surface area contributed by atoms with Gasteiger partial charge in [-0.3, -0.25) is 9.69 Å². The zero-order valence-electron chi connectivity index (χ0n) is 14.7. The fraction of sp³-hybridized carbons (Fsp3) is 0.250. The molecule has 3 aromatic rings. The van der Waals surface area contributed by atoms with Crippen molar-refractivity contribution < 1.29 is 9.32 Å². The number of rotatable bonds is 4. The van der Waals surface area contributed by atoms with Gasteiger partial charge in [0.05, 0.1) is 6.54 Å². The lowest BCUT2D eigenvalue weighted by atomic mass is 10.2. The van der Waals surface area contributed by atoms with Crippen molar-refractivity contribution in [3.8, 4) is 11.4 Å². The van der Waals surface area contributed by atoms with Gasteiger partial charge < -0.3 is 9.42 Å². The molecule has 138 valence electrons. The summed E-state index contributed by atoms with van der Waals surface area (Å²) in [6.45, 7) is 3.42. The Kier molecular flexibility index (Phi) is 5.18. The molecule has 1 amide bonds. The number of benzene rings is 2. The molecule has 1 aromatic heterocycles. The predicted octanol–water partition coefficient (Wildman–Crippen LogP) is 3.35. The van der Waals surface area contributed by atoms with Crippen molar-refractivity contribution >= 4 is 17.5 Å². The quantitative estimate of drug-likeness (QED) is 0.692. The maximum Gasteiger partial charge on any atom is 0.253 e. The van der Waals surface area contributed by atoms with Crippen LogP contribution in [0.2, 0.25) is 5.02 Å². The van der Waals surface area contributed by atoms with E-state index in [2.05, 4.69) is 15.0 Å². The first-order valence-corrected chi connectivity index (χ1v) is 9.22. The molecule has 6 nitrogen and oxygen atoms in total. The van der Waals surface area contributed by atoms with Crippen molar-refractivity contribution in [2.45, 2.75) is 6.54 Å². The van der Waals surface area contributed by atoms with Crippen molar-refractivity contribution in [2.75, 3.05) is 26.2 Å². The van der Waals surface area contributed by atoms with E-state index in [4.69, 9.17) is 16.1 Å². The molecule has 2 aromatic carbocycles. The molecule has 0 bridgehead atoms. The monoisotopic (exact) mass is 382 g/mol. The van der Waals surface area contributed by atoms with E-state index in [9.17, 15) is 4.79 Å². The topological polar surface area (TPSA) is 62.5 Å². The van der Waals surface area contributed by atoms with Crippen LogP contribution in [-0.4, -0.2) is 52.0 Å². The molecule has 1 aliphatic rings. The molecule has 0 aliphatic carbocycles. The lowest BCUT2D eigenvalue weighted by molar-refractivity contribution is 0.0615. The molecular weight excluding hydrogens is 364 g/mol. The normalized spacial score (nSPS) is 15.1. The van der Waals surface area contributed by atoms with Crippen LogP contribution in [0.3, 0.4) is 0 Å². The zero-order valence-corrected chi connectivity index (χ0v) is 15.5. The van der Waals surface area contributed by atoms with Crippen molar-refractivity contribution in [2.24, 2.45) is 0 Å². The second kappa shape index (κ2) is 7.90. The Labute approximate surface area is 162 Å². The highest BCUT2D eigenvalue weighted by atomic mass is 35.5. The third-order valence-corrected chi connectivity index (χ3v) is 4.83. The Balaban J connectivity index is 1.33. The summed E-state index contributed by atoms with van der Waals surface area (Å²) in [5.74, 6) is 1.20. The first-order chi connectivity index (χ1) is 13.2. The minimum Gasteiger partial charge on any atom is -0.338 e. The molecule has 0 unspecified atom stereocenters. The minimum absolute atomic E-state index is 0.0151. The van der Waals surface area contributed by atoms with E-state index in [0.717, 1.165) is 18.7 Å². The van der Waals surface area contributed by atoms with Crippen molar-refractivity contribution in [3.63, 3.8) is 0 Å². The van der Waals surface area contributed by atoms with Gasteiger partial charge in [0.25, 0.3) is 5.91 Å². The smallest absolute Gasteiger partial charge is 0.253 e. The largest absolute Gasteiger partial charge is 0.338 e. The molecule has 7 heteroatoms. The van der Waals surface area contributed by atoms with Crippen LogP contribution >= 0.6 is 11.6 Å². The second-order valence-corrected chi connectivity index (χ2v) is 6.89. The third kappa shape index (κ3) is 4.18. The van der Waals surface area contributed by atoms with E-state index in [1.165, 1.54) is 0 Å². The number of hydrogen-bond acceptors (Lipinski definition) is 5. The van der Waals surface area contributed by atoms with Crippen LogP contribution in [0.4, 0.5) is 0 Å². The summed E-state index contributed by atoms with van der Waals surface area (Å²) < 4.78 is 5.38. The third-order valence-electron chi connectivity index (χ3n) is 4.59. The summed E-state index contributed by atoms with van der Waals surface area (Å²) in [4.78, 5) is 21.1. The van der Waals surface area contributed by atoms with Gasteiger partial charge in [-0.25, -0.2) is 0 Å². The van der Waals surface area contributed by atoms with Gasteiger partial charge in [-0.2, -0.15) is 4.98 Å². The average Bonchev–Trinajstić information content (AvgIpc) is 3.17. The highest BCUT2D eigenvalue weighted by Crippen LogP contribution is 2.17. The lowest BCUT2D eigenvalue weighted by Gasteiger charge is -2.34. The van der Waals surface area contributed by atoms with Crippen LogP contribution in [0.15, 0.2) is 59.1 Å². The average molecular weight is 383 g/mol. The van der Waals surface area contributed by atoms with Crippen LogP contribution in [0.25, 0.3) is 11.4 Å². The Bertz CT molecular complexity index is 920. The number of halogens is 1. The van der Waals surface area contributed by atoms with E-state index in [1.807, 2.05) is 35.2 Å². The molecule has 0 atom stereocenters. The summed E-state index contributed by atoms with van der Waals surface area (Å²) in [5.41, 5.74) is 1.56. The fourth-order valence-corrected chi connectivity index (χ4v) is 3.32. The Morgan fingerprint density at radius 3 is 2.56 bits per heavy atom. The second-order valence-electron chi connectivity index (χ2n) is 6.46. The number of hydrogen-bond donors (Lipinski definition) is 0. The van der Waals surface area contributed by atoms with Gasteiger partial charge in [0.2, 0.25) is 11.7 Å². The SMILES string of the molecule is O=C(c1cccc(Cl)c1)N1CCN(Cc2nc(-c3ccccc3)no2)CC1. The van der Waals surface area contributed by atoms with Crippen molar-refractivity contribution in [3.05, 3.63) is 71.1 Å². The van der Waals surface area contributed by atoms with E-state index >= 15 is 0 Å². The molecule has 27 heavy (non-hydrogen) atoms. The zero-order chi connectivity index (χ0) is 18.6. The Morgan fingerprint density at radius 2 is 1.81 bits per heavy atom. The first kappa shape index (κ1) is 17.7. The highest BCUT2D eigenvalue weighted by molar-refractivity contribution is 6.30. The molecule has 0 N–H and O–H groups in total. The van der Waals surface area contributed by atoms with Crippen LogP contribution < -0.4 is 0 Å². The molecule has 0 radical (unpaired) electrons. The van der Waals surface area contributed by atoms with Crippen molar-refractivity contribution in [1.82, 2.24) is 19.9 Å². The van der Waals surface area contributed by atoms with Gasteiger partial charge >= 0.3 is 0 Å². The molecule has 0 spiro atoms. The lowest BCUT2D eigenvalue weighted by Crippen LogP contribution is -2.48. The van der Waals surface area contributed by atoms with E-state index in [-0.39, 0.29) is 5.91 Å². The number of piperazine rings is 1. The van der Waals surface area contributed by atoms with Crippen LogP contribution in [0, 0.1) is 0 Å². The van der Waals surface area contributed by atoms with Crippen LogP contribution in [-0.2, 0) is 6.54 Å². The van der Waals surface area contributed by atoms with Gasteiger partial charge in [0.1, 0.15) is 0 Å². The van der Waals surface area contributed by atoms with E-state index < -0.39 is 0 Å². The molecule has 4 rings (SSSR count). The van der Waals surface area contributed by atoms with Crippen LogP contribution in [0.1, 0.15) is 16.2 Å². The first-order valence-electron chi connectivity index (χ1n) is 8.84. The number of amides is 1. The summed E-state index contributed by atoms with van der Waals surface area (Å²) >= 11 is 5.99. The van der Waals surface area contributed by atoms with Gasteiger partial charge in [-0.15, -0.1) is 0 Å². The standard InChI is InChI=1S/C20H19ClN4O2/c21-17-8-4-7-16(13-17)20(26)25-11-9-24(10-12-25)14-18-22-19(23-27-18)15-5-2-1-3-6-15/h1-8,13H,9-12,14H2. The highest BCUT2D eigenvalue weighted by Gasteiger charge is 2.23. The number of nitrogens with zero attached hydrogens (tertiary/aromatic N) is 4. The maximum absolute atomic E-state index is 12.6. The van der Waals surface area contributed by atoms with Crippen molar-refractivity contribution in [1.29, 1.82) is 0 Å². The number of aromatic nitrogens is 2. The minimum atomic E-state index is 0.0151. The van der Waals surface area contributed by atoms with E-state index in [1.54, 1.807) is 24.3 Å².